The Hall–Kier alpha value is -2.73. The van der Waals surface area contributed by atoms with E-state index in [2.05, 4.69) is 98.3 Å². The van der Waals surface area contributed by atoms with Gasteiger partial charge in [0, 0.05) is 29.2 Å². The number of nitrogens with zero attached hydrogens (tertiary/aromatic N) is 2. The molecule has 35 heavy (non-hydrogen) atoms. The van der Waals surface area contributed by atoms with Crippen molar-refractivity contribution in [3.05, 3.63) is 71.8 Å². The monoisotopic (exact) mass is 493 g/mol. The molecule has 0 aliphatic carbocycles. The molecule has 1 aromatic heterocycles. The van der Waals surface area contributed by atoms with Crippen LogP contribution < -0.4 is 4.72 Å². The molecule has 0 unspecified atom stereocenters. The fraction of sp³-hybridized carbons (Fsp3) is 0.448. The summed E-state index contributed by atoms with van der Waals surface area (Å²) in [6.07, 6.45) is 6.40. The first-order valence-electron chi connectivity index (χ1n) is 12.5. The van der Waals surface area contributed by atoms with Crippen molar-refractivity contribution in [3.8, 4) is 11.1 Å². The third-order valence-corrected chi connectivity index (χ3v) is 6.51. The topological polar surface area (TPSA) is 56.1 Å². The molecule has 0 radical (unpaired) electrons. The van der Waals surface area contributed by atoms with E-state index in [1.165, 1.54) is 23.1 Å². The van der Waals surface area contributed by atoms with Crippen LogP contribution in [0.1, 0.15) is 71.3 Å². The summed E-state index contributed by atoms with van der Waals surface area (Å²) in [5, 5.41) is 0. The average Bonchev–Trinajstić information content (AvgIpc) is 3.27. The van der Waals surface area contributed by atoms with E-state index in [9.17, 15) is 4.79 Å². The largest absolute Gasteiger partial charge is 0.449 e. The zero-order valence-corrected chi connectivity index (χ0v) is 22.7. The Bertz CT molecular complexity index is 1100. The maximum Gasteiger partial charge on any atom is 0.417 e. The fourth-order valence-electron chi connectivity index (χ4n) is 3.99. The molecule has 3 aromatic rings. The normalized spacial score (nSPS) is 11.6. The maximum absolute atomic E-state index is 12.1. The quantitative estimate of drug-likeness (QED) is 0.233. The minimum Gasteiger partial charge on any atom is -0.449 e. The van der Waals surface area contributed by atoms with E-state index in [1.54, 1.807) is 0 Å². The van der Waals surface area contributed by atoms with Gasteiger partial charge in [-0.05, 0) is 65.1 Å². The van der Waals surface area contributed by atoms with Crippen LogP contribution in [0, 0.1) is 5.92 Å². The number of unbranched alkanes of at least 4 members (excludes halogenated alkanes) is 1. The SMILES string of the molecule is CCCCOC(=O)NSc1ccc(CC(C)C)cc1-c1ccc(Cn2ccnc2C(C)(C)C)cc1. The van der Waals surface area contributed by atoms with Crippen LogP contribution in [0.25, 0.3) is 11.1 Å². The predicted molar refractivity (Wildman–Crippen MR) is 146 cm³/mol. The maximum atomic E-state index is 12.1. The summed E-state index contributed by atoms with van der Waals surface area (Å²) in [5.41, 5.74) is 4.76. The molecule has 188 valence electrons. The molecule has 1 N–H and O–H groups in total. The van der Waals surface area contributed by atoms with Crippen LogP contribution in [0.4, 0.5) is 4.79 Å². The lowest BCUT2D eigenvalue weighted by Gasteiger charge is -2.20. The van der Waals surface area contributed by atoms with Gasteiger partial charge < -0.3 is 9.30 Å². The Morgan fingerprint density at radius 1 is 1.11 bits per heavy atom. The van der Waals surface area contributed by atoms with Crippen LogP contribution in [-0.4, -0.2) is 22.3 Å². The van der Waals surface area contributed by atoms with Gasteiger partial charge in [0.2, 0.25) is 0 Å². The number of aromatic nitrogens is 2. The second-order valence-electron chi connectivity index (χ2n) is 10.4. The number of hydrogen-bond donors (Lipinski definition) is 1. The lowest BCUT2D eigenvalue weighted by atomic mass is 9.95. The van der Waals surface area contributed by atoms with Gasteiger partial charge in [-0.2, -0.15) is 0 Å². The van der Waals surface area contributed by atoms with Crippen molar-refractivity contribution in [2.45, 2.75) is 77.7 Å². The van der Waals surface area contributed by atoms with Gasteiger partial charge in [-0.15, -0.1) is 0 Å². The molecule has 6 heteroatoms. The number of imidazole rings is 1. The summed E-state index contributed by atoms with van der Waals surface area (Å²) in [7, 11) is 0. The molecular formula is C29H39N3O2S. The highest BCUT2D eigenvalue weighted by Gasteiger charge is 2.19. The number of ether oxygens (including phenoxy) is 1. The van der Waals surface area contributed by atoms with E-state index in [-0.39, 0.29) is 5.41 Å². The molecule has 0 atom stereocenters. The van der Waals surface area contributed by atoms with Gasteiger partial charge in [0.05, 0.1) is 6.61 Å². The lowest BCUT2D eigenvalue weighted by molar-refractivity contribution is 0.151. The van der Waals surface area contributed by atoms with Gasteiger partial charge >= 0.3 is 6.09 Å². The first-order valence-corrected chi connectivity index (χ1v) is 13.3. The van der Waals surface area contributed by atoms with Gasteiger partial charge in [-0.3, -0.25) is 4.72 Å². The van der Waals surface area contributed by atoms with E-state index in [0.29, 0.717) is 12.5 Å². The molecule has 1 amide bonds. The highest BCUT2D eigenvalue weighted by Crippen LogP contribution is 2.32. The first kappa shape index (κ1) is 26.9. The zero-order valence-electron chi connectivity index (χ0n) is 21.9. The second-order valence-corrected chi connectivity index (χ2v) is 11.3. The molecule has 0 bridgehead atoms. The van der Waals surface area contributed by atoms with Crippen LogP contribution in [-0.2, 0) is 23.1 Å². The first-order chi connectivity index (χ1) is 16.7. The molecule has 5 nitrogen and oxygen atoms in total. The lowest BCUT2D eigenvalue weighted by Crippen LogP contribution is -2.19. The molecule has 0 aliphatic rings. The highest BCUT2D eigenvalue weighted by atomic mass is 32.2. The minimum absolute atomic E-state index is 0.00287. The Morgan fingerprint density at radius 3 is 2.49 bits per heavy atom. The predicted octanol–water partition coefficient (Wildman–Crippen LogP) is 7.63. The third-order valence-electron chi connectivity index (χ3n) is 5.67. The molecule has 3 rings (SSSR count). The Kier molecular flexibility index (Phi) is 9.44. The average molecular weight is 494 g/mol. The third kappa shape index (κ3) is 7.89. The van der Waals surface area contributed by atoms with E-state index in [4.69, 9.17) is 4.74 Å². The summed E-state index contributed by atoms with van der Waals surface area (Å²) < 4.78 is 10.3. The van der Waals surface area contributed by atoms with E-state index in [0.717, 1.165) is 47.7 Å². The number of carbonyl (C=O) groups is 1. The summed E-state index contributed by atoms with van der Waals surface area (Å²) in [4.78, 5) is 17.7. The van der Waals surface area contributed by atoms with E-state index in [1.807, 2.05) is 12.4 Å². The van der Waals surface area contributed by atoms with Crippen LogP contribution >= 0.6 is 11.9 Å². The second kappa shape index (κ2) is 12.3. The smallest absolute Gasteiger partial charge is 0.417 e. The molecule has 1 heterocycles. The molecule has 0 spiro atoms. The van der Waals surface area contributed by atoms with Crippen molar-refractivity contribution in [3.63, 3.8) is 0 Å². The van der Waals surface area contributed by atoms with Crippen LogP contribution in [0.3, 0.4) is 0 Å². The Morgan fingerprint density at radius 2 is 1.83 bits per heavy atom. The number of hydrogen-bond acceptors (Lipinski definition) is 4. The van der Waals surface area contributed by atoms with Gasteiger partial charge in [-0.1, -0.05) is 78.3 Å². The summed E-state index contributed by atoms with van der Waals surface area (Å²) >= 11 is 1.31. The number of amides is 1. The van der Waals surface area contributed by atoms with Crippen molar-refractivity contribution in [1.29, 1.82) is 0 Å². The number of nitrogens with one attached hydrogen (secondary N) is 1. The van der Waals surface area contributed by atoms with Crippen molar-refractivity contribution in [2.75, 3.05) is 6.61 Å². The minimum atomic E-state index is -0.397. The number of carbonyl (C=O) groups excluding carboxylic acids is 1. The standard InChI is InChI=1S/C29H39N3O2S/c1-7-8-17-34-28(33)31-35-26-14-11-23(18-21(2)3)19-25(26)24-12-9-22(10-13-24)20-32-16-15-30-27(32)29(4,5)6/h9-16,19,21H,7-8,17-18,20H2,1-6H3,(H,31,33). The van der Waals surface area contributed by atoms with E-state index >= 15 is 0 Å². The van der Waals surface area contributed by atoms with Gasteiger partial charge in [0.15, 0.2) is 0 Å². The molecule has 0 fully saturated rings. The van der Waals surface area contributed by atoms with Crippen LogP contribution in [0.2, 0.25) is 0 Å². The molecule has 0 saturated carbocycles. The zero-order chi connectivity index (χ0) is 25.4. The van der Waals surface area contributed by atoms with Gasteiger partial charge in [0.25, 0.3) is 0 Å². The molecule has 0 aliphatic heterocycles. The van der Waals surface area contributed by atoms with E-state index < -0.39 is 6.09 Å². The van der Waals surface area contributed by atoms with Crippen LogP contribution in [0.5, 0.6) is 0 Å². The van der Waals surface area contributed by atoms with Crippen molar-refractivity contribution in [1.82, 2.24) is 14.3 Å². The van der Waals surface area contributed by atoms with Crippen molar-refractivity contribution >= 4 is 18.0 Å². The summed E-state index contributed by atoms with van der Waals surface area (Å²) in [6.45, 7) is 14.3. The Labute approximate surface area is 214 Å². The van der Waals surface area contributed by atoms with Gasteiger partial charge in [-0.25, -0.2) is 9.78 Å². The molecule has 0 saturated heterocycles. The van der Waals surface area contributed by atoms with Crippen molar-refractivity contribution in [2.24, 2.45) is 5.92 Å². The van der Waals surface area contributed by atoms with Gasteiger partial charge in [0.1, 0.15) is 5.82 Å². The Balaban J connectivity index is 1.80. The number of rotatable bonds is 10. The molecular weight excluding hydrogens is 454 g/mol. The summed E-state index contributed by atoms with van der Waals surface area (Å²) in [6, 6.07) is 15.2. The van der Waals surface area contributed by atoms with Crippen molar-refractivity contribution < 1.29 is 9.53 Å². The fourth-order valence-corrected chi connectivity index (χ4v) is 4.67. The summed E-state index contributed by atoms with van der Waals surface area (Å²) in [5.74, 6) is 1.65. The molecule has 2 aromatic carbocycles. The van der Waals surface area contributed by atoms with Crippen LogP contribution in [0.15, 0.2) is 59.8 Å². The number of benzene rings is 2. The highest BCUT2D eigenvalue weighted by molar-refractivity contribution is 7.98.